The first-order chi connectivity index (χ1) is 12.3. The minimum absolute atomic E-state index is 0.0615. The highest BCUT2D eigenvalue weighted by molar-refractivity contribution is 5.95. The molecule has 1 unspecified atom stereocenters. The number of hydrogen-bond acceptors (Lipinski definition) is 5. The van der Waals surface area contributed by atoms with E-state index in [9.17, 15) is 14.7 Å². The third-order valence-electron chi connectivity index (χ3n) is 4.54. The van der Waals surface area contributed by atoms with Gasteiger partial charge >= 0.3 is 5.97 Å². The molecule has 1 aromatic carbocycles. The monoisotopic (exact) mass is 358 g/mol. The lowest BCUT2D eigenvalue weighted by Gasteiger charge is -2.22. The van der Waals surface area contributed by atoms with E-state index in [1.165, 1.54) is 0 Å². The second kappa shape index (κ2) is 6.87. The first-order valence-electron chi connectivity index (χ1n) is 8.51. The summed E-state index contributed by atoms with van der Waals surface area (Å²) in [6.45, 7) is 6.14. The molecule has 0 radical (unpaired) electrons. The Kier molecular flexibility index (Phi) is 4.78. The molecule has 0 bridgehead atoms. The van der Waals surface area contributed by atoms with Gasteiger partial charge in [-0.3, -0.25) is 4.79 Å². The molecule has 2 aromatic rings. The van der Waals surface area contributed by atoms with E-state index in [-0.39, 0.29) is 31.4 Å². The van der Waals surface area contributed by atoms with Crippen molar-refractivity contribution in [3.8, 4) is 5.69 Å². The standard InChI is InChI=1S/C18H22N4O4/c1-11(2)13-6-4-5-7-14(13)22-12(3)19-15(21-22)16(23)20-18(17(24)25)8-9-26-10-18/h4-7,11H,8-10H2,1-3H3,(H,20,23)(H,24,25). The van der Waals surface area contributed by atoms with Gasteiger partial charge in [0.05, 0.1) is 12.3 Å². The molecule has 1 atom stereocenters. The number of aryl methyl sites for hydroxylation is 1. The summed E-state index contributed by atoms with van der Waals surface area (Å²) < 4.78 is 6.77. The van der Waals surface area contributed by atoms with Gasteiger partial charge in [0.15, 0.2) is 5.54 Å². The molecule has 1 saturated heterocycles. The van der Waals surface area contributed by atoms with E-state index in [4.69, 9.17) is 4.74 Å². The molecule has 0 aliphatic carbocycles. The van der Waals surface area contributed by atoms with Crippen LogP contribution in [-0.4, -0.2) is 50.5 Å². The highest BCUT2D eigenvalue weighted by Crippen LogP contribution is 2.23. The summed E-state index contributed by atoms with van der Waals surface area (Å²) in [5.74, 6) is -0.978. The molecule has 1 aliphatic heterocycles. The molecule has 26 heavy (non-hydrogen) atoms. The van der Waals surface area contributed by atoms with Gasteiger partial charge in [-0.15, -0.1) is 5.10 Å². The number of aromatic nitrogens is 3. The van der Waals surface area contributed by atoms with Crippen molar-refractivity contribution in [2.24, 2.45) is 0 Å². The van der Waals surface area contributed by atoms with Crippen LogP contribution in [0.25, 0.3) is 5.69 Å². The molecule has 2 heterocycles. The topological polar surface area (TPSA) is 106 Å². The number of hydrogen-bond donors (Lipinski definition) is 2. The fraction of sp³-hybridized carbons (Fsp3) is 0.444. The van der Waals surface area contributed by atoms with Crippen molar-refractivity contribution in [3.63, 3.8) is 0 Å². The zero-order chi connectivity index (χ0) is 18.9. The Morgan fingerprint density at radius 1 is 1.35 bits per heavy atom. The molecule has 2 N–H and O–H groups in total. The highest BCUT2D eigenvalue weighted by Gasteiger charge is 2.44. The van der Waals surface area contributed by atoms with Crippen molar-refractivity contribution >= 4 is 11.9 Å². The number of ether oxygens (including phenoxy) is 1. The average Bonchev–Trinajstić information content (AvgIpc) is 3.22. The first kappa shape index (κ1) is 18.1. The van der Waals surface area contributed by atoms with Crippen molar-refractivity contribution in [1.82, 2.24) is 20.1 Å². The van der Waals surface area contributed by atoms with Crippen LogP contribution in [0.15, 0.2) is 24.3 Å². The number of carboxylic acid groups (broad SMARTS) is 1. The van der Waals surface area contributed by atoms with Gasteiger partial charge in [0, 0.05) is 13.0 Å². The van der Waals surface area contributed by atoms with E-state index >= 15 is 0 Å². The molecule has 0 saturated carbocycles. The van der Waals surface area contributed by atoms with Crippen molar-refractivity contribution in [3.05, 3.63) is 41.5 Å². The Balaban J connectivity index is 1.91. The minimum Gasteiger partial charge on any atom is -0.479 e. The number of amides is 1. The Bertz CT molecular complexity index is 837. The smallest absolute Gasteiger partial charge is 0.331 e. The quantitative estimate of drug-likeness (QED) is 0.842. The maximum Gasteiger partial charge on any atom is 0.331 e. The van der Waals surface area contributed by atoms with Gasteiger partial charge in [0.2, 0.25) is 5.82 Å². The van der Waals surface area contributed by atoms with Crippen LogP contribution in [0.4, 0.5) is 0 Å². The SMILES string of the molecule is Cc1nc(C(=O)NC2(C(=O)O)CCOC2)nn1-c1ccccc1C(C)C. The molecular formula is C18H22N4O4. The summed E-state index contributed by atoms with van der Waals surface area (Å²) in [4.78, 5) is 28.3. The predicted molar refractivity (Wildman–Crippen MR) is 93.5 cm³/mol. The van der Waals surface area contributed by atoms with E-state index in [1.54, 1.807) is 11.6 Å². The van der Waals surface area contributed by atoms with Crippen LogP contribution < -0.4 is 5.32 Å². The van der Waals surface area contributed by atoms with Crippen LogP contribution in [0.2, 0.25) is 0 Å². The molecule has 1 amide bonds. The number of nitrogens with zero attached hydrogens (tertiary/aromatic N) is 3. The predicted octanol–water partition coefficient (Wildman–Crippen LogP) is 1.67. The Labute approximate surface area is 151 Å². The zero-order valence-electron chi connectivity index (χ0n) is 15.0. The van der Waals surface area contributed by atoms with Crippen LogP contribution in [0.3, 0.4) is 0 Å². The van der Waals surface area contributed by atoms with Gasteiger partial charge in [-0.1, -0.05) is 32.0 Å². The summed E-state index contributed by atoms with van der Waals surface area (Å²) in [7, 11) is 0. The van der Waals surface area contributed by atoms with Gasteiger partial charge in [-0.05, 0) is 24.5 Å². The van der Waals surface area contributed by atoms with E-state index < -0.39 is 17.4 Å². The number of para-hydroxylation sites is 1. The molecule has 1 fully saturated rings. The molecule has 8 nitrogen and oxygen atoms in total. The lowest BCUT2D eigenvalue weighted by molar-refractivity contribution is -0.144. The number of aliphatic carboxylic acids is 1. The van der Waals surface area contributed by atoms with Crippen LogP contribution >= 0.6 is 0 Å². The number of benzene rings is 1. The number of carbonyl (C=O) groups excluding carboxylic acids is 1. The molecule has 3 rings (SSSR count). The van der Waals surface area contributed by atoms with Gasteiger partial charge in [-0.2, -0.15) is 0 Å². The third kappa shape index (κ3) is 3.20. The van der Waals surface area contributed by atoms with Gasteiger partial charge in [0.25, 0.3) is 5.91 Å². The van der Waals surface area contributed by atoms with Crippen LogP contribution in [0, 0.1) is 6.92 Å². The number of nitrogens with one attached hydrogen (secondary N) is 1. The second-order valence-corrected chi connectivity index (χ2v) is 6.75. The van der Waals surface area contributed by atoms with Crippen molar-refractivity contribution in [2.75, 3.05) is 13.2 Å². The van der Waals surface area contributed by atoms with E-state index in [2.05, 4.69) is 29.2 Å². The lowest BCUT2D eigenvalue weighted by atomic mass is 9.99. The maximum absolute atomic E-state index is 12.6. The van der Waals surface area contributed by atoms with Gasteiger partial charge < -0.3 is 15.2 Å². The van der Waals surface area contributed by atoms with Gasteiger partial charge in [-0.25, -0.2) is 14.5 Å². The van der Waals surface area contributed by atoms with Crippen molar-refractivity contribution in [2.45, 2.75) is 38.6 Å². The zero-order valence-corrected chi connectivity index (χ0v) is 15.0. The molecular weight excluding hydrogens is 336 g/mol. The van der Waals surface area contributed by atoms with Crippen molar-refractivity contribution < 1.29 is 19.4 Å². The first-order valence-corrected chi connectivity index (χ1v) is 8.51. The fourth-order valence-electron chi connectivity index (χ4n) is 3.04. The number of carbonyl (C=O) groups is 2. The molecule has 0 spiro atoms. The van der Waals surface area contributed by atoms with Crippen LogP contribution in [0.5, 0.6) is 0 Å². The summed E-state index contributed by atoms with van der Waals surface area (Å²) in [5.41, 5.74) is 0.508. The summed E-state index contributed by atoms with van der Waals surface area (Å²) in [6, 6.07) is 7.78. The largest absolute Gasteiger partial charge is 0.479 e. The average molecular weight is 358 g/mol. The Morgan fingerprint density at radius 3 is 2.69 bits per heavy atom. The Hall–Kier alpha value is -2.74. The van der Waals surface area contributed by atoms with E-state index in [1.807, 2.05) is 24.3 Å². The van der Waals surface area contributed by atoms with Gasteiger partial charge in [0.1, 0.15) is 5.82 Å². The summed E-state index contributed by atoms with van der Waals surface area (Å²) >= 11 is 0. The molecule has 8 heteroatoms. The second-order valence-electron chi connectivity index (χ2n) is 6.75. The van der Waals surface area contributed by atoms with E-state index in [0.717, 1.165) is 11.3 Å². The number of rotatable bonds is 5. The molecule has 1 aliphatic rings. The highest BCUT2D eigenvalue weighted by atomic mass is 16.5. The molecule has 138 valence electrons. The normalized spacial score (nSPS) is 19.7. The summed E-state index contributed by atoms with van der Waals surface area (Å²) in [5, 5.41) is 16.3. The van der Waals surface area contributed by atoms with E-state index in [0.29, 0.717) is 5.82 Å². The Morgan fingerprint density at radius 2 is 2.08 bits per heavy atom. The summed E-state index contributed by atoms with van der Waals surface area (Å²) in [6.07, 6.45) is 0.212. The number of carboxylic acids is 1. The lowest BCUT2D eigenvalue weighted by Crippen LogP contribution is -2.55. The minimum atomic E-state index is -1.42. The fourth-order valence-corrected chi connectivity index (χ4v) is 3.04. The maximum atomic E-state index is 12.6. The van der Waals surface area contributed by atoms with Crippen LogP contribution in [-0.2, 0) is 9.53 Å². The van der Waals surface area contributed by atoms with Crippen LogP contribution in [0.1, 0.15) is 48.2 Å². The third-order valence-corrected chi connectivity index (χ3v) is 4.54. The molecule has 1 aromatic heterocycles. The van der Waals surface area contributed by atoms with Crippen molar-refractivity contribution in [1.29, 1.82) is 0 Å².